The summed E-state index contributed by atoms with van der Waals surface area (Å²) in [5, 5.41) is 0.718. The first kappa shape index (κ1) is 15.8. The molecule has 23 heavy (non-hydrogen) atoms. The van der Waals surface area contributed by atoms with E-state index >= 15 is 0 Å². The number of nitrogen functional groups attached to an aromatic ring is 1. The number of halogens is 1. The number of hydrogen-bond acceptors (Lipinski definition) is 4. The van der Waals surface area contributed by atoms with Crippen molar-refractivity contribution in [3.8, 4) is 11.5 Å². The maximum Gasteiger partial charge on any atom is 0.145 e. The summed E-state index contributed by atoms with van der Waals surface area (Å²) in [7, 11) is 0. The highest BCUT2D eigenvalue weighted by molar-refractivity contribution is 6.30. The first-order valence-electron chi connectivity index (χ1n) is 7.81. The molecule has 0 saturated carbocycles. The number of nitrogens with two attached hydrogens (primary N) is 1. The fraction of sp³-hybridized carbons (Fsp3) is 0.333. The van der Waals surface area contributed by atoms with Gasteiger partial charge < -0.3 is 20.1 Å². The van der Waals surface area contributed by atoms with Crippen LogP contribution < -0.4 is 20.1 Å². The number of fused-ring (bicyclic) bond motifs is 1. The van der Waals surface area contributed by atoms with Crippen LogP contribution in [-0.4, -0.2) is 25.8 Å². The number of hydrogen-bond donors (Lipinski definition) is 1. The van der Waals surface area contributed by atoms with E-state index in [1.165, 1.54) is 0 Å². The largest absolute Gasteiger partial charge is 0.494 e. The van der Waals surface area contributed by atoms with E-state index in [0.29, 0.717) is 6.61 Å². The molecule has 1 heterocycles. The van der Waals surface area contributed by atoms with Crippen molar-refractivity contribution in [1.82, 2.24) is 0 Å². The van der Waals surface area contributed by atoms with E-state index < -0.39 is 0 Å². The second kappa shape index (κ2) is 7.01. The minimum absolute atomic E-state index is 0.154. The maximum absolute atomic E-state index is 5.86. The van der Waals surface area contributed by atoms with Crippen molar-refractivity contribution in [2.45, 2.75) is 19.4 Å². The summed E-state index contributed by atoms with van der Waals surface area (Å²) in [5.41, 5.74) is 7.67. The Kier molecular flexibility index (Phi) is 4.82. The van der Waals surface area contributed by atoms with Gasteiger partial charge in [0.25, 0.3) is 0 Å². The fourth-order valence-electron chi connectivity index (χ4n) is 2.74. The average Bonchev–Trinajstić information content (AvgIpc) is 2.52. The van der Waals surface area contributed by atoms with Gasteiger partial charge in [-0.2, -0.15) is 0 Å². The van der Waals surface area contributed by atoms with E-state index in [1.54, 1.807) is 0 Å². The van der Waals surface area contributed by atoms with Gasteiger partial charge in [0.15, 0.2) is 0 Å². The van der Waals surface area contributed by atoms with Crippen LogP contribution in [0.4, 0.5) is 11.4 Å². The van der Waals surface area contributed by atoms with Crippen LogP contribution in [0, 0.1) is 0 Å². The fourth-order valence-corrected chi connectivity index (χ4v) is 2.86. The number of anilines is 2. The van der Waals surface area contributed by atoms with Gasteiger partial charge in [-0.05, 0) is 49.7 Å². The average molecular weight is 333 g/mol. The zero-order chi connectivity index (χ0) is 16.2. The molecule has 122 valence electrons. The molecule has 2 aromatic rings. The monoisotopic (exact) mass is 332 g/mol. The summed E-state index contributed by atoms with van der Waals surface area (Å²) in [6.07, 6.45) is 1.08. The predicted molar refractivity (Wildman–Crippen MR) is 94.7 cm³/mol. The quantitative estimate of drug-likeness (QED) is 0.664. The van der Waals surface area contributed by atoms with Crippen LogP contribution in [-0.2, 0) is 0 Å². The summed E-state index contributed by atoms with van der Waals surface area (Å²) < 4.78 is 11.6. The molecule has 1 aliphatic heterocycles. The van der Waals surface area contributed by atoms with Gasteiger partial charge in [0, 0.05) is 23.3 Å². The van der Waals surface area contributed by atoms with Crippen molar-refractivity contribution in [3.05, 3.63) is 47.5 Å². The van der Waals surface area contributed by atoms with Crippen molar-refractivity contribution in [3.63, 3.8) is 0 Å². The molecule has 4 nitrogen and oxygen atoms in total. The lowest BCUT2D eigenvalue weighted by Crippen LogP contribution is -2.39. The van der Waals surface area contributed by atoms with Gasteiger partial charge in [0.05, 0.1) is 18.8 Å². The number of rotatable bonds is 5. The molecule has 0 bridgehead atoms. The second-order valence-corrected chi connectivity index (χ2v) is 6.19. The summed E-state index contributed by atoms with van der Waals surface area (Å²) in [6, 6.07) is 13.3. The van der Waals surface area contributed by atoms with E-state index in [-0.39, 0.29) is 6.10 Å². The summed E-state index contributed by atoms with van der Waals surface area (Å²) in [4.78, 5) is 2.33. The third kappa shape index (κ3) is 4.02. The van der Waals surface area contributed by atoms with Gasteiger partial charge in [0.2, 0.25) is 0 Å². The number of benzene rings is 2. The third-order valence-corrected chi connectivity index (χ3v) is 4.04. The molecule has 5 heteroatoms. The smallest absolute Gasteiger partial charge is 0.145 e. The predicted octanol–water partition coefficient (Wildman–Crippen LogP) is 3.98. The Morgan fingerprint density at radius 2 is 2.04 bits per heavy atom. The molecule has 0 spiro atoms. The van der Waals surface area contributed by atoms with Crippen LogP contribution in [0.25, 0.3) is 0 Å². The summed E-state index contributed by atoms with van der Waals surface area (Å²) >= 11 is 5.86. The Morgan fingerprint density at radius 3 is 2.83 bits per heavy atom. The zero-order valence-electron chi connectivity index (χ0n) is 13.2. The first-order valence-corrected chi connectivity index (χ1v) is 8.19. The minimum atomic E-state index is 0.154. The normalized spacial score (nSPS) is 16.6. The summed E-state index contributed by atoms with van der Waals surface area (Å²) in [5.74, 6) is 1.71. The highest BCUT2D eigenvalue weighted by Gasteiger charge is 2.22. The third-order valence-electron chi connectivity index (χ3n) is 3.78. The maximum atomic E-state index is 5.86. The Balaban J connectivity index is 1.55. The lowest BCUT2D eigenvalue weighted by molar-refractivity contribution is 0.211. The molecule has 1 unspecified atom stereocenters. The van der Waals surface area contributed by atoms with Gasteiger partial charge in [-0.15, -0.1) is 0 Å². The molecule has 0 radical (unpaired) electrons. The standard InChI is InChI=1S/C18H21ClN2O2/c1-13-12-21(17-8-5-15(20)11-18(17)23-13)9-2-10-22-16-6-3-14(19)4-7-16/h3-8,11,13H,2,9-10,12,20H2,1H3. The van der Waals surface area contributed by atoms with Gasteiger partial charge in [-0.25, -0.2) is 0 Å². The molecule has 0 aliphatic carbocycles. The van der Waals surface area contributed by atoms with Gasteiger partial charge in [0.1, 0.15) is 17.6 Å². The first-order chi connectivity index (χ1) is 11.1. The van der Waals surface area contributed by atoms with E-state index in [1.807, 2.05) is 42.5 Å². The van der Waals surface area contributed by atoms with Crippen molar-refractivity contribution in [1.29, 1.82) is 0 Å². The van der Waals surface area contributed by atoms with Crippen LogP contribution in [0.5, 0.6) is 11.5 Å². The highest BCUT2D eigenvalue weighted by Crippen LogP contribution is 2.35. The lowest BCUT2D eigenvalue weighted by atomic mass is 10.1. The topological polar surface area (TPSA) is 47.7 Å². The van der Waals surface area contributed by atoms with Crippen LogP contribution >= 0.6 is 11.6 Å². The SMILES string of the molecule is CC1CN(CCCOc2ccc(Cl)cc2)c2ccc(N)cc2O1. The van der Waals surface area contributed by atoms with Crippen LogP contribution in [0.15, 0.2) is 42.5 Å². The number of nitrogens with zero attached hydrogens (tertiary/aromatic N) is 1. The van der Waals surface area contributed by atoms with E-state index in [4.69, 9.17) is 26.8 Å². The van der Waals surface area contributed by atoms with E-state index in [2.05, 4.69) is 11.8 Å². The van der Waals surface area contributed by atoms with Crippen LogP contribution in [0.3, 0.4) is 0 Å². The van der Waals surface area contributed by atoms with Crippen molar-refractivity contribution < 1.29 is 9.47 Å². The van der Waals surface area contributed by atoms with Crippen molar-refractivity contribution in [2.75, 3.05) is 30.3 Å². The van der Waals surface area contributed by atoms with E-state index in [9.17, 15) is 0 Å². The summed E-state index contributed by atoms with van der Waals surface area (Å²) in [6.45, 7) is 4.52. The zero-order valence-corrected chi connectivity index (χ0v) is 13.9. The van der Waals surface area contributed by atoms with Crippen LogP contribution in [0.1, 0.15) is 13.3 Å². The van der Waals surface area contributed by atoms with E-state index in [0.717, 1.165) is 47.4 Å². The molecule has 1 aliphatic rings. The Bertz CT molecular complexity index is 661. The lowest BCUT2D eigenvalue weighted by Gasteiger charge is -2.35. The molecular weight excluding hydrogens is 312 g/mol. The molecule has 0 fully saturated rings. The van der Waals surface area contributed by atoms with Crippen molar-refractivity contribution >= 4 is 23.0 Å². The molecule has 2 aromatic carbocycles. The Hall–Kier alpha value is -2.07. The molecule has 0 amide bonds. The molecule has 1 atom stereocenters. The Labute approximate surface area is 141 Å². The van der Waals surface area contributed by atoms with Crippen molar-refractivity contribution in [2.24, 2.45) is 0 Å². The molecule has 0 saturated heterocycles. The molecule has 0 aromatic heterocycles. The molecular formula is C18H21ClN2O2. The minimum Gasteiger partial charge on any atom is -0.494 e. The Morgan fingerprint density at radius 1 is 1.26 bits per heavy atom. The van der Waals surface area contributed by atoms with Crippen LogP contribution in [0.2, 0.25) is 5.02 Å². The van der Waals surface area contributed by atoms with Gasteiger partial charge in [-0.3, -0.25) is 0 Å². The number of ether oxygens (including phenoxy) is 2. The highest BCUT2D eigenvalue weighted by atomic mass is 35.5. The van der Waals surface area contributed by atoms with Gasteiger partial charge >= 0.3 is 0 Å². The second-order valence-electron chi connectivity index (χ2n) is 5.76. The van der Waals surface area contributed by atoms with Gasteiger partial charge in [-0.1, -0.05) is 11.6 Å². The molecule has 2 N–H and O–H groups in total. The molecule has 3 rings (SSSR count).